The molecule has 0 fully saturated rings. The Morgan fingerprint density at radius 3 is 2.49 bits per heavy atom. The van der Waals surface area contributed by atoms with Gasteiger partial charge in [0, 0.05) is 11.3 Å². The van der Waals surface area contributed by atoms with Crippen LogP contribution in [0.1, 0.15) is 11.1 Å². The summed E-state index contributed by atoms with van der Waals surface area (Å²) in [6.45, 7) is 1.74. The van der Waals surface area contributed by atoms with Gasteiger partial charge in [0.15, 0.2) is 23.9 Å². The van der Waals surface area contributed by atoms with Crippen LogP contribution in [-0.2, 0) is 4.79 Å². The van der Waals surface area contributed by atoms with Crippen molar-refractivity contribution in [3.8, 4) is 22.9 Å². The first-order valence-corrected chi connectivity index (χ1v) is 12.3. The molecule has 8 nitrogen and oxygen atoms in total. The van der Waals surface area contributed by atoms with E-state index in [1.165, 1.54) is 11.8 Å². The van der Waals surface area contributed by atoms with E-state index < -0.39 is 0 Å². The first-order chi connectivity index (χ1) is 19.0. The molecule has 0 atom stereocenters. The molecule has 5 rings (SSSR count). The van der Waals surface area contributed by atoms with Crippen LogP contribution < -0.4 is 20.3 Å². The summed E-state index contributed by atoms with van der Waals surface area (Å²) in [4.78, 5) is 30.5. The second-order valence-corrected chi connectivity index (χ2v) is 8.74. The SMILES string of the molecule is COc1cc(C=Nn2c(-c3ccccc3)nc3ccccc3c2=O)ccc1OCC(=O)Nc1ccccc1C. The maximum Gasteiger partial charge on any atom is 0.282 e. The van der Waals surface area contributed by atoms with Gasteiger partial charge in [-0.25, -0.2) is 4.98 Å². The molecule has 0 spiro atoms. The second kappa shape index (κ2) is 11.4. The van der Waals surface area contributed by atoms with E-state index in [2.05, 4.69) is 10.4 Å². The van der Waals surface area contributed by atoms with Gasteiger partial charge in [0.05, 0.1) is 24.2 Å². The van der Waals surface area contributed by atoms with Crippen molar-refractivity contribution in [1.29, 1.82) is 0 Å². The largest absolute Gasteiger partial charge is 0.493 e. The number of benzene rings is 4. The predicted molar refractivity (Wildman–Crippen MR) is 153 cm³/mol. The molecular formula is C31H26N4O4. The second-order valence-electron chi connectivity index (χ2n) is 8.74. The van der Waals surface area contributed by atoms with Gasteiger partial charge in [-0.15, -0.1) is 0 Å². The highest BCUT2D eigenvalue weighted by Crippen LogP contribution is 2.28. The molecular weight excluding hydrogens is 492 g/mol. The van der Waals surface area contributed by atoms with Gasteiger partial charge in [-0.2, -0.15) is 9.78 Å². The van der Waals surface area contributed by atoms with E-state index in [9.17, 15) is 9.59 Å². The molecule has 0 bridgehead atoms. The number of ether oxygens (including phenoxy) is 2. The standard InChI is InChI=1S/C31H26N4O4/c1-21-10-6-8-14-25(21)33-29(36)20-39-27-17-16-22(18-28(27)38-2)19-32-35-30(23-11-4-3-5-12-23)34-26-15-9-7-13-24(26)31(35)37/h3-19H,20H2,1-2H3,(H,33,36). The van der Waals surface area contributed by atoms with Crippen molar-refractivity contribution in [1.82, 2.24) is 9.66 Å². The Balaban J connectivity index is 1.39. The van der Waals surface area contributed by atoms with Crippen molar-refractivity contribution >= 4 is 28.7 Å². The van der Waals surface area contributed by atoms with Crippen molar-refractivity contribution in [2.24, 2.45) is 5.10 Å². The van der Waals surface area contributed by atoms with Crippen LogP contribution in [0.5, 0.6) is 11.5 Å². The zero-order valence-corrected chi connectivity index (χ0v) is 21.5. The summed E-state index contributed by atoms with van der Waals surface area (Å²) < 4.78 is 12.5. The van der Waals surface area contributed by atoms with E-state index in [1.54, 1.807) is 36.5 Å². The van der Waals surface area contributed by atoms with Gasteiger partial charge < -0.3 is 14.8 Å². The Labute approximate surface area is 225 Å². The fraction of sp³-hybridized carbons (Fsp3) is 0.0968. The predicted octanol–water partition coefficient (Wildman–Crippen LogP) is 5.28. The van der Waals surface area contributed by atoms with Gasteiger partial charge >= 0.3 is 0 Å². The van der Waals surface area contributed by atoms with Crippen LogP contribution >= 0.6 is 0 Å². The smallest absolute Gasteiger partial charge is 0.282 e. The van der Waals surface area contributed by atoms with Crippen molar-refractivity contribution in [3.05, 3.63) is 119 Å². The van der Waals surface area contributed by atoms with Gasteiger partial charge in [-0.1, -0.05) is 60.7 Å². The molecule has 39 heavy (non-hydrogen) atoms. The Kier molecular flexibility index (Phi) is 7.45. The van der Waals surface area contributed by atoms with Crippen molar-refractivity contribution in [2.75, 3.05) is 19.0 Å². The molecule has 0 aliphatic carbocycles. The zero-order chi connectivity index (χ0) is 27.2. The van der Waals surface area contributed by atoms with Crippen LogP contribution in [0.25, 0.3) is 22.3 Å². The highest BCUT2D eigenvalue weighted by molar-refractivity contribution is 5.92. The summed E-state index contributed by atoms with van der Waals surface area (Å²) in [5.74, 6) is 0.981. The molecule has 1 N–H and O–H groups in total. The summed E-state index contributed by atoms with van der Waals surface area (Å²) in [7, 11) is 1.52. The molecule has 5 aromatic rings. The average molecular weight is 519 g/mol. The molecule has 1 amide bonds. The van der Waals surface area contributed by atoms with Gasteiger partial charge in [0.25, 0.3) is 11.5 Å². The van der Waals surface area contributed by atoms with Crippen LogP contribution in [0.2, 0.25) is 0 Å². The number of aryl methyl sites for hydroxylation is 1. The van der Waals surface area contributed by atoms with Gasteiger partial charge in [0.2, 0.25) is 0 Å². The fourth-order valence-electron chi connectivity index (χ4n) is 4.06. The third-order valence-electron chi connectivity index (χ3n) is 6.07. The lowest BCUT2D eigenvalue weighted by atomic mass is 10.2. The number of nitrogens with one attached hydrogen (secondary N) is 1. The van der Waals surface area contributed by atoms with E-state index in [1.807, 2.05) is 73.7 Å². The number of amides is 1. The Hall–Kier alpha value is -5.24. The van der Waals surface area contributed by atoms with Crippen LogP contribution in [-0.4, -0.2) is 35.5 Å². The van der Waals surface area contributed by atoms with Crippen LogP contribution in [0.4, 0.5) is 5.69 Å². The maximum atomic E-state index is 13.3. The first-order valence-electron chi connectivity index (χ1n) is 12.3. The maximum absolute atomic E-state index is 13.3. The molecule has 0 saturated carbocycles. The average Bonchev–Trinajstić information content (AvgIpc) is 2.97. The van der Waals surface area contributed by atoms with Crippen LogP contribution in [0, 0.1) is 6.92 Å². The number of carbonyl (C=O) groups excluding carboxylic acids is 1. The number of anilines is 1. The summed E-state index contributed by atoms with van der Waals surface area (Å²) in [6.07, 6.45) is 1.56. The van der Waals surface area contributed by atoms with Gasteiger partial charge in [0.1, 0.15) is 0 Å². The summed E-state index contributed by atoms with van der Waals surface area (Å²) in [6, 6.07) is 29.3. The van der Waals surface area contributed by atoms with Gasteiger partial charge in [-0.05, 0) is 54.4 Å². The van der Waals surface area contributed by atoms with Crippen LogP contribution in [0.3, 0.4) is 0 Å². The monoisotopic (exact) mass is 518 g/mol. The quantitative estimate of drug-likeness (QED) is 0.282. The third kappa shape index (κ3) is 5.70. The number of nitrogens with zero attached hydrogens (tertiary/aromatic N) is 3. The number of fused-ring (bicyclic) bond motifs is 1. The molecule has 0 unspecified atom stereocenters. The van der Waals surface area contributed by atoms with Gasteiger partial charge in [-0.3, -0.25) is 9.59 Å². The van der Waals surface area contributed by atoms with E-state index in [0.717, 1.165) is 16.8 Å². The number of carbonyl (C=O) groups is 1. The molecule has 0 aliphatic heterocycles. The Morgan fingerprint density at radius 2 is 1.69 bits per heavy atom. The van der Waals surface area contributed by atoms with Crippen molar-refractivity contribution in [2.45, 2.75) is 6.92 Å². The Morgan fingerprint density at radius 1 is 0.949 bits per heavy atom. The molecule has 0 radical (unpaired) electrons. The van der Waals surface area contributed by atoms with E-state index >= 15 is 0 Å². The van der Waals surface area contributed by atoms with E-state index in [0.29, 0.717) is 33.8 Å². The topological polar surface area (TPSA) is 94.8 Å². The number of methoxy groups -OCH3 is 1. The molecule has 4 aromatic carbocycles. The molecule has 0 saturated heterocycles. The fourth-order valence-corrected chi connectivity index (χ4v) is 4.06. The molecule has 8 heteroatoms. The molecule has 194 valence electrons. The number of hydrogen-bond donors (Lipinski definition) is 1. The lowest BCUT2D eigenvalue weighted by Crippen LogP contribution is -2.21. The lowest BCUT2D eigenvalue weighted by molar-refractivity contribution is -0.118. The lowest BCUT2D eigenvalue weighted by Gasteiger charge is -2.12. The zero-order valence-electron chi connectivity index (χ0n) is 21.5. The summed E-state index contributed by atoms with van der Waals surface area (Å²) in [5, 5.41) is 7.81. The Bertz CT molecular complexity index is 1730. The minimum atomic E-state index is -0.284. The minimum absolute atomic E-state index is 0.184. The van der Waals surface area contributed by atoms with Crippen LogP contribution in [0.15, 0.2) is 107 Å². The highest BCUT2D eigenvalue weighted by Gasteiger charge is 2.13. The van der Waals surface area contributed by atoms with Crippen molar-refractivity contribution < 1.29 is 14.3 Å². The first kappa shape index (κ1) is 25.4. The number of hydrogen-bond acceptors (Lipinski definition) is 6. The molecule has 1 aromatic heterocycles. The van der Waals surface area contributed by atoms with E-state index in [-0.39, 0.29) is 18.1 Å². The third-order valence-corrected chi connectivity index (χ3v) is 6.07. The molecule has 0 aliphatic rings. The van der Waals surface area contributed by atoms with Crippen molar-refractivity contribution in [3.63, 3.8) is 0 Å². The number of rotatable bonds is 8. The summed E-state index contributed by atoms with van der Waals surface area (Å²) >= 11 is 0. The highest BCUT2D eigenvalue weighted by atomic mass is 16.5. The normalized spacial score (nSPS) is 11.0. The molecule has 1 heterocycles. The number of aromatic nitrogens is 2. The number of para-hydroxylation sites is 2. The minimum Gasteiger partial charge on any atom is -0.493 e. The summed E-state index contributed by atoms with van der Waals surface area (Å²) in [5.41, 5.74) is 3.45. The van der Waals surface area contributed by atoms with E-state index in [4.69, 9.17) is 14.5 Å².